The molecule has 7 nitrogen and oxygen atoms in total. The fourth-order valence-electron chi connectivity index (χ4n) is 5.38. The molecule has 0 spiro atoms. The average molecular weight is 502 g/mol. The second-order valence-electron chi connectivity index (χ2n) is 9.86. The van der Waals surface area contributed by atoms with E-state index in [2.05, 4.69) is 5.32 Å². The van der Waals surface area contributed by atoms with E-state index in [4.69, 9.17) is 0 Å². The van der Waals surface area contributed by atoms with Crippen molar-refractivity contribution in [2.75, 3.05) is 13.1 Å². The first-order chi connectivity index (χ1) is 17.1. The van der Waals surface area contributed by atoms with Crippen LogP contribution in [0.25, 0.3) is 0 Å². The Kier molecular flexibility index (Phi) is 6.12. The van der Waals surface area contributed by atoms with E-state index in [1.807, 2.05) is 11.0 Å². The zero-order valence-corrected chi connectivity index (χ0v) is 19.7. The smallest absolute Gasteiger partial charge is 0.255 e. The Morgan fingerprint density at radius 2 is 1.81 bits per heavy atom. The van der Waals surface area contributed by atoms with Crippen molar-refractivity contribution >= 4 is 17.7 Å². The van der Waals surface area contributed by atoms with Gasteiger partial charge in [-0.15, -0.1) is 0 Å². The van der Waals surface area contributed by atoms with Gasteiger partial charge in [0.1, 0.15) is 23.5 Å². The molecular formula is C26H26F3N3O4. The van der Waals surface area contributed by atoms with Gasteiger partial charge in [0.15, 0.2) is 0 Å². The number of carbonyl (C=O) groups is 3. The molecule has 2 saturated heterocycles. The molecule has 3 aliphatic heterocycles. The van der Waals surface area contributed by atoms with Crippen molar-refractivity contribution in [2.45, 2.75) is 57.3 Å². The van der Waals surface area contributed by atoms with Gasteiger partial charge in [0.05, 0.1) is 23.3 Å². The maximum absolute atomic E-state index is 15.7. The van der Waals surface area contributed by atoms with Gasteiger partial charge in [-0.25, -0.2) is 13.2 Å². The van der Waals surface area contributed by atoms with Gasteiger partial charge in [0.2, 0.25) is 11.8 Å². The van der Waals surface area contributed by atoms with E-state index in [9.17, 15) is 23.9 Å². The standard InChI is InChI=1S/C26H26F3N3O4/c1-14-2-3-15(10-18(14)27)12-31-8-6-26(36,7-9-31)22-19(28)11-16-17(23(22)29)13-32(25(16)35)20-4-5-21(33)30-24(20)34/h2-3,10-11,20,36H,4-9,12-13H2,1H3,(H,30,33,34). The van der Waals surface area contributed by atoms with Crippen molar-refractivity contribution < 1.29 is 32.7 Å². The number of aryl methyl sites for hydroxylation is 1. The van der Waals surface area contributed by atoms with Crippen LogP contribution in [-0.2, 0) is 28.3 Å². The van der Waals surface area contributed by atoms with Crippen LogP contribution in [0.2, 0.25) is 0 Å². The number of nitrogens with one attached hydrogen (secondary N) is 1. The van der Waals surface area contributed by atoms with Gasteiger partial charge >= 0.3 is 0 Å². The summed E-state index contributed by atoms with van der Waals surface area (Å²) in [6, 6.07) is 4.96. The molecule has 3 heterocycles. The molecule has 0 aromatic heterocycles. The molecule has 2 aromatic rings. The number of aliphatic hydroxyl groups is 1. The number of carbonyl (C=O) groups excluding carboxylic acids is 3. The Morgan fingerprint density at radius 3 is 2.47 bits per heavy atom. The van der Waals surface area contributed by atoms with Crippen LogP contribution in [0.15, 0.2) is 24.3 Å². The first kappa shape index (κ1) is 24.5. The van der Waals surface area contributed by atoms with Gasteiger partial charge in [-0.1, -0.05) is 12.1 Å². The summed E-state index contributed by atoms with van der Waals surface area (Å²) in [4.78, 5) is 39.7. The zero-order valence-electron chi connectivity index (χ0n) is 19.7. The minimum atomic E-state index is -1.77. The first-order valence-corrected chi connectivity index (χ1v) is 11.9. The summed E-state index contributed by atoms with van der Waals surface area (Å²) in [5.41, 5.74) is -1.17. The molecule has 36 heavy (non-hydrogen) atoms. The summed E-state index contributed by atoms with van der Waals surface area (Å²) in [6.07, 6.45) is 0.258. The number of fused-ring (bicyclic) bond motifs is 1. The van der Waals surface area contributed by atoms with Gasteiger partial charge in [0.25, 0.3) is 5.91 Å². The molecule has 3 amide bonds. The Hall–Kier alpha value is -3.24. The van der Waals surface area contributed by atoms with E-state index in [1.165, 1.54) is 6.07 Å². The number of piperidine rings is 2. The molecule has 2 aromatic carbocycles. The van der Waals surface area contributed by atoms with Crippen LogP contribution >= 0.6 is 0 Å². The van der Waals surface area contributed by atoms with Crippen LogP contribution in [0.3, 0.4) is 0 Å². The van der Waals surface area contributed by atoms with Crippen LogP contribution in [0.4, 0.5) is 13.2 Å². The van der Waals surface area contributed by atoms with Crippen LogP contribution in [-0.4, -0.2) is 51.8 Å². The van der Waals surface area contributed by atoms with Crippen molar-refractivity contribution in [3.63, 3.8) is 0 Å². The van der Waals surface area contributed by atoms with Gasteiger partial charge in [-0.05, 0) is 49.4 Å². The van der Waals surface area contributed by atoms with Crippen LogP contribution < -0.4 is 5.32 Å². The summed E-state index contributed by atoms with van der Waals surface area (Å²) in [7, 11) is 0. The van der Waals surface area contributed by atoms with Gasteiger partial charge in [-0.3, -0.25) is 24.6 Å². The number of hydrogen-bond acceptors (Lipinski definition) is 5. The number of amides is 3. The summed E-state index contributed by atoms with van der Waals surface area (Å²) >= 11 is 0. The second-order valence-corrected chi connectivity index (χ2v) is 9.86. The number of likely N-dealkylation sites (tertiary alicyclic amines) is 1. The zero-order chi connectivity index (χ0) is 25.8. The molecule has 1 unspecified atom stereocenters. The number of hydrogen-bond donors (Lipinski definition) is 2. The third kappa shape index (κ3) is 4.18. The van der Waals surface area contributed by atoms with Crippen LogP contribution in [0, 0.1) is 24.4 Å². The summed E-state index contributed by atoms with van der Waals surface area (Å²) in [6.45, 7) is 2.54. The van der Waals surface area contributed by atoms with Crippen molar-refractivity contribution in [2.24, 2.45) is 0 Å². The quantitative estimate of drug-likeness (QED) is 0.629. The largest absolute Gasteiger partial charge is 0.385 e. The summed E-state index contributed by atoms with van der Waals surface area (Å²) < 4.78 is 44.7. The van der Waals surface area contributed by atoms with E-state index in [0.29, 0.717) is 25.2 Å². The molecule has 190 valence electrons. The maximum atomic E-state index is 15.7. The maximum Gasteiger partial charge on any atom is 0.255 e. The SMILES string of the molecule is Cc1ccc(CN2CCC(O)(c3c(F)cc4c(c3F)CN(C3CCC(=O)NC3=O)C4=O)CC2)cc1F. The lowest BCUT2D eigenvalue weighted by molar-refractivity contribution is -0.136. The Bertz CT molecular complexity index is 1270. The topological polar surface area (TPSA) is 89.9 Å². The molecule has 0 aliphatic carbocycles. The summed E-state index contributed by atoms with van der Waals surface area (Å²) in [5.74, 6) is -4.07. The fourth-order valence-corrected chi connectivity index (χ4v) is 5.38. The lowest BCUT2D eigenvalue weighted by Crippen LogP contribution is -2.52. The highest BCUT2D eigenvalue weighted by atomic mass is 19.1. The number of nitrogens with zero attached hydrogens (tertiary/aromatic N) is 2. The predicted octanol–water partition coefficient (Wildman–Crippen LogP) is 2.66. The third-order valence-corrected chi connectivity index (χ3v) is 7.52. The van der Waals surface area contributed by atoms with Crippen LogP contribution in [0.1, 0.15) is 58.3 Å². The van der Waals surface area contributed by atoms with Crippen LogP contribution in [0.5, 0.6) is 0 Å². The number of imide groups is 1. The Balaban J connectivity index is 1.34. The van der Waals surface area contributed by atoms with E-state index in [-0.39, 0.29) is 49.2 Å². The molecule has 5 rings (SSSR count). The molecular weight excluding hydrogens is 475 g/mol. The van der Waals surface area contributed by atoms with Gasteiger partial charge < -0.3 is 10.0 Å². The Morgan fingerprint density at radius 1 is 1.08 bits per heavy atom. The minimum absolute atomic E-state index is 0.0457. The summed E-state index contributed by atoms with van der Waals surface area (Å²) in [5, 5.41) is 13.5. The number of rotatable bonds is 4. The van der Waals surface area contributed by atoms with Crippen molar-refractivity contribution in [3.05, 3.63) is 69.5 Å². The minimum Gasteiger partial charge on any atom is -0.385 e. The number of benzene rings is 2. The molecule has 10 heteroatoms. The fraction of sp³-hybridized carbons (Fsp3) is 0.423. The van der Waals surface area contributed by atoms with E-state index >= 15 is 8.78 Å². The van der Waals surface area contributed by atoms with Crippen molar-refractivity contribution in [1.82, 2.24) is 15.1 Å². The van der Waals surface area contributed by atoms with Crippen molar-refractivity contribution in [3.8, 4) is 0 Å². The van der Waals surface area contributed by atoms with E-state index in [0.717, 1.165) is 16.5 Å². The highest BCUT2D eigenvalue weighted by Gasteiger charge is 2.45. The molecule has 3 aliphatic rings. The lowest BCUT2D eigenvalue weighted by atomic mass is 9.82. The predicted molar refractivity (Wildman–Crippen MR) is 122 cm³/mol. The van der Waals surface area contributed by atoms with Gasteiger partial charge in [-0.2, -0.15) is 0 Å². The highest BCUT2D eigenvalue weighted by Crippen LogP contribution is 2.40. The molecule has 0 bridgehead atoms. The van der Waals surface area contributed by atoms with Crippen molar-refractivity contribution in [1.29, 1.82) is 0 Å². The lowest BCUT2D eigenvalue weighted by Gasteiger charge is -2.39. The molecule has 1 atom stereocenters. The molecule has 2 fully saturated rings. The second kappa shape index (κ2) is 9.01. The number of halogens is 3. The van der Waals surface area contributed by atoms with E-state index in [1.54, 1.807) is 13.0 Å². The molecule has 0 radical (unpaired) electrons. The highest BCUT2D eigenvalue weighted by molar-refractivity contribution is 6.05. The monoisotopic (exact) mass is 501 g/mol. The normalized spacial score (nSPS) is 22.1. The first-order valence-electron chi connectivity index (χ1n) is 11.9. The molecule has 2 N–H and O–H groups in total. The Labute approximate surface area is 205 Å². The molecule has 0 saturated carbocycles. The van der Waals surface area contributed by atoms with Gasteiger partial charge in [0, 0.05) is 31.6 Å². The van der Waals surface area contributed by atoms with E-state index < -0.39 is 46.6 Å². The average Bonchev–Trinajstić information content (AvgIpc) is 3.14. The third-order valence-electron chi connectivity index (χ3n) is 7.52.